The molecule has 1 fully saturated rings. The van der Waals surface area contributed by atoms with Crippen LogP contribution in [0.1, 0.15) is 44.6 Å². The van der Waals surface area contributed by atoms with Crippen molar-refractivity contribution in [3.8, 4) is 5.75 Å². The molecule has 8 heteroatoms. The predicted molar refractivity (Wildman–Crippen MR) is 106 cm³/mol. The van der Waals surface area contributed by atoms with Crippen LogP contribution in [0.5, 0.6) is 5.75 Å². The molecular formula is C20H22ClF2N3O2. The lowest BCUT2D eigenvalue weighted by atomic mass is 9.90. The summed E-state index contributed by atoms with van der Waals surface area (Å²) in [5.41, 5.74) is 1.85. The van der Waals surface area contributed by atoms with E-state index < -0.39 is 12.6 Å². The van der Waals surface area contributed by atoms with Gasteiger partial charge in [0.25, 0.3) is 0 Å². The van der Waals surface area contributed by atoms with Gasteiger partial charge in [-0.25, -0.2) is 9.78 Å². The number of ether oxygens (including phenoxy) is 1. The van der Waals surface area contributed by atoms with Crippen LogP contribution in [0.25, 0.3) is 0 Å². The van der Waals surface area contributed by atoms with E-state index in [0.717, 1.165) is 30.5 Å². The number of halogens is 3. The number of rotatable bonds is 6. The minimum atomic E-state index is -3.06. The monoisotopic (exact) mass is 409 g/mol. The number of anilines is 2. The first-order valence-corrected chi connectivity index (χ1v) is 9.54. The van der Waals surface area contributed by atoms with Crippen molar-refractivity contribution in [2.24, 2.45) is 0 Å². The van der Waals surface area contributed by atoms with E-state index in [-0.39, 0.29) is 28.5 Å². The van der Waals surface area contributed by atoms with E-state index in [2.05, 4.69) is 28.9 Å². The van der Waals surface area contributed by atoms with Gasteiger partial charge in [-0.2, -0.15) is 8.78 Å². The molecule has 0 aliphatic heterocycles. The number of hydrogen-bond acceptors (Lipinski definition) is 3. The molecule has 1 heterocycles. The zero-order valence-corrected chi connectivity index (χ0v) is 16.4. The van der Waals surface area contributed by atoms with Gasteiger partial charge in [0.1, 0.15) is 0 Å². The normalized spacial score (nSPS) is 14.1. The number of nitrogens with zero attached hydrogens (tertiary/aromatic N) is 2. The average Bonchev–Trinajstić information content (AvgIpc) is 2.59. The summed E-state index contributed by atoms with van der Waals surface area (Å²) in [5, 5.41) is 2.75. The van der Waals surface area contributed by atoms with Crippen molar-refractivity contribution in [1.29, 1.82) is 0 Å². The molecule has 2 aromatic rings. The number of carbonyl (C=O) groups is 1. The summed E-state index contributed by atoms with van der Waals surface area (Å²) >= 11 is 5.82. The minimum Gasteiger partial charge on any atom is -0.431 e. The third-order valence-corrected chi connectivity index (χ3v) is 4.94. The lowest BCUT2D eigenvalue weighted by Gasteiger charge is -2.38. The Bertz CT molecular complexity index is 844. The summed E-state index contributed by atoms with van der Waals surface area (Å²) in [7, 11) is 0. The molecule has 1 N–H and O–H groups in total. The van der Waals surface area contributed by atoms with Crippen molar-refractivity contribution < 1.29 is 18.3 Å². The first kappa shape index (κ1) is 20.3. The topological polar surface area (TPSA) is 54.5 Å². The Labute approximate surface area is 167 Å². The largest absolute Gasteiger partial charge is 0.431 e. The van der Waals surface area contributed by atoms with Gasteiger partial charge in [0, 0.05) is 24.0 Å². The van der Waals surface area contributed by atoms with Gasteiger partial charge in [0.05, 0.1) is 5.02 Å². The second-order valence-corrected chi connectivity index (χ2v) is 7.41. The lowest BCUT2D eigenvalue weighted by Crippen LogP contribution is -2.47. The average molecular weight is 410 g/mol. The van der Waals surface area contributed by atoms with Crippen LogP contribution in [-0.2, 0) is 0 Å². The molecule has 1 aromatic carbocycles. The molecule has 2 amide bonds. The van der Waals surface area contributed by atoms with Crippen molar-refractivity contribution in [3.63, 3.8) is 0 Å². The highest BCUT2D eigenvalue weighted by molar-refractivity contribution is 6.30. The van der Waals surface area contributed by atoms with Crippen molar-refractivity contribution in [3.05, 3.63) is 47.1 Å². The number of benzene rings is 1. The van der Waals surface area contributed by atoms with Crippen molar-refractivity contribution in [1.82, 2.24) is 4.98 Å². The zero-order chi connectivity index (χ0) is 20.3. The Morgan fingerprint density at radius 2 is 2.04 bits per heavy atom. The Kier molecular flexibility index (Phi) is 6.34. The zero-order valence-electron chi connectivity index (χ0n) is 15.7. The summed E-state index contributed by atoms with van der Waals surface area (Å²) in [6, 6.07) is 8.52. The quantitative estimate of drug-likeness (QED) is 0.631. The molecule has 1 aromatic heterocycles. The van der Waals surface area contributed by atoms with E-state index >= 15 is 0 Å². The van der Waals surface area contributed by atoms with Gasteiger partial charge in [0.2, 0.25) is 0 Å². The maximum Gasteiger partial charge on any atom is 0.387 e. The lowest BCUT2D eigenvalue weighted by molar-refractivity contribution is -0.0495. The third kappa shape index (κ3) is 4.52. The van der Waals surface area contributed by atoms with Crippen LogP contribution < -0.4 is 15.0 Å². The van der Waals surface area contributed by atoms with Gasteiger partial charge in [-0.1, -0.05) is 43.6 Å². The second-order valence-electron chi connectivity index (χ2n) is 6.98. The van der Waals surface area contributed by atoms with Crippen LogP contribution in [0, 0.1) is 0 Å². The van der Waals surface area contributed by atoms with Crippen LogP contribution in [-0.4, -0.2) is 23.7 Å². The van der Waals surface area contributed by atoms with E-state index in [1.165, 1.54) is 12.3 Å². The number of carbonyl (C=O) groups excluding carboxylic acids is 1. The van der Waals surface area contributed by atoms with Gasteiger partial charge < -0.3 is 4.74 Å². The van der Waals surface area contributed by atoms with E-state index in [1.807, 2.05) is 24.3 Å². The van der Waals surface area contributed by atoms with Gasteiger partial charge in [-0.15, -0.1) is 0 Å². The SMILES string of the molecule is CC(C)c1ccccc1N(C(=O)Nc1ncc(Cl)cc1OC(F)F)C1CCC1. The molecule has 0 saturated heterocycles. The fourth-order valence-corrected chi connectivity index (χ4v) is 3.32. The Morgan fingerprint density at radius 1 is 1.32 bits per heavy atom. The number of pyridine rings is 1. The third-order valence-electron chi connectivity index (χ3n) is 4.74. The fraction of sp³-hybridized carbons (Fsp3) is 0.400. The van der Waals surface area contributed by atoms with Crippen LogP contribution in [0.15, 0.2) is 36.5 Å². The number of hydrogen-bond donors (Lipinski definition) is 1. The minimum absolute atomic E-state index is 0.0478. The van der Waals surface area contributed by atoms with E-state index in [4.69, 9.17) is 11.6 Å². The first-order chi connectivity index (χ1) is 13.4. The summed E-state index contributed by atoms with van der Waals surface area (Å²) < 4.78 is 29.9. The number of alkyl halides is 2. The van der Waals surface area contributed by atoms with Crippen molar-refractivity contribution in [2.45, 2.75) is 51.7 Å². The molecule has 1 aliphatic rings. The predicted octanol–water partition coefficient (Wildman–Crippen LogP) is 6.05. The molecule has 5 nitrogen and oxygen atoms in total. The van der Waals surface area contributed by atoms with Crippen LogP contribution in [0.4, 0.5) is 25.1 Å². The highest BCUT2D eigenvalue weighted by atomic mass is 35.5. The Balaban J connectivity index is 1.92. The van der Waals surface area contributed by atoms with Gasteiger partial charge in [-0.05, 0) is 36.8 Å². The number of aromatic nitrogens is 1. The van der Waals surface area contributed by atoms with E-state index in [1.54, 1.807) is 4.90 Å². The smallest absolute Gasteiger partial charge is 0.387 e. The van der Waals surface area contributed by atoms with Crippen molar-refractivity contribution in [2.75, 3.05) is 10.2 Å². The first-order valence-electron chi connectivity index (χ1n) is 9.16. The molecule has 0 spiro atoms. The van der Waals surface area contributed by atoms with Gasteiger partial charge in [-0.3, -0.25) is 10.2 Å². The summed E-state index contributed by atoms with van der Waals surface area (Å²) in [6.45, 7) is 1.07. The molecular weight excluding hydrogens is 388 g/mol. The number of amides is 2. The fourth-order valence-electron chi connectivity index (χ4n) is 3.17. The van der Waals surface area contributed by atoms with Gasteiger partial charge in [0.15, 0.2) is 11.6 Å². The maximum atomic E-state index is 13.1. The van der Waals surface area contributed by atoms with E-state index in [9.17, 15) is 13.6 Å². The number of urea groups is 1. The molecule has 0 atom stereocenters. The summed E-state index contributed by atoms with van der Waals surface area (Å²) in [6.07, 6.45) is 4.07. The molecule has 0 radical (unpaired) electrons. The molecule has 0 bridgehead atoms. The molecule has 1 saturated carbocycles. The van der Waals surface area contributed by atoms with Crippen molar-refractivity contribution >= 4 is 29.1 Å². The Morgan fingerprint density at radius 3 is 2.64 bits per heavy atom. The number of para-hydroxylation sites is 1. The second kappa shape index (κ2) is 8.73. The van der Waals surface area contributed by atoms with Crippen LogP contribution in [0.2, 0.25) is 5.02 Å². The Hall–Kier alpha value is -2.41. The molecule has 0 unspecified atom stereocenters. The molecule has 28 heavy (non-hydrogen) atoms. The summed E-state index contributed by atoms with van der Waals surface area (Å²) in [4.78, 5) is 18.8. The molecule has 3 rings (SSSR count). The molecule has 150 valence electrons. The standard InChI is InChI=1S/C20H22ClF2N3O2/c1-12(2)15-8-3-4-9-16(15)26(14-6-5-7-14)20(27)25-18-17(28-19(22)23)10-13(21)11-24-18/h3-4,8-12,14,19H,5-7H2,1-2H3,(H,24,25,27). The van der Waals surface area contributed by atoms with Gasteiger partial charge >= 0.3 is 12.6 Å². The summed E-state index contributed by atoms with van der Waals surface area (Å²) in [5.74, 6) is -0.152. The number of nitrogens with one attached hydrogen (secondary N) is 1. The highest BCUT2D eigenvalue weighted by Gasteiger charge is 2.32. The van der Waals surface area contributed by atoms with Crippen LogP contribution >= 0.6 is 11.6 Å². The molecule has 1 aliphatic carbocycles. The highest BCUT2D eigenvalue weighted by Crippen LogP contribution is 2.36. The van der Waals surface area contributed by atoms with Crippen LogP contribution in [0.3, 0.4) is 0 Å². The maximum absolute atomic E-state index is 13.1. The van der Waals surface area contributed by atoms with E-state index in [0.29, 0.717) is 0 Å².